The molecule has 1 heterocycles. The number of aromatic nitrogens is 1. The first-order valence-corrected chi connectivity index (χ1v) is 14.8. The second-order valence-electron chi connectivity index (χ2n) is 8.80. The molecule has 42 heavy (non-hydrogen) atoms. The standard InChI is InChI=1S/C29H26Cl2N4O6S/c1-4-41-28(37)27-20(14-15-25(36)33-22-12-8-9-13-23(22)34(3)29(38)32-2)26-21(31)16-18(30)17-24(26)35(27)42(39,40)19-10-6-5-7-11-19/h5-17H,4H2,1-3H3,(H,32,38)(H,33,36)/b15-14+. The third-order valence-corrected chi connectivity index (χ3v) is 8.42. The highest BCUT2D eigenvalue weighted by atomic mass is 35.5. The van der Waals surface area contributed by atoms with Gasteiger partial charge in [-0.05, 0) is 49.4 Å². The van der Waals surface area contributed by atoms with Crippen LogP contribution in [0.2, 0.25) is 10.0 Å². The van der Waals surface area contributed by atoms with Gasteiger partial charge in [-0.1, -0.05) is 53.5 Å². The molecule has 0 saturated heterocycles. The minimum absolute atomic E-state index is 0.0250. The highest BCUT2D eigenvalue weighted by Crippen LogP contribution is 2.38. The number of esters is 1. The van der Waals surface area contributed by atoms with Crippen molar-refractivity contribution in [2.75, 3.05) is 30.9 Å². The van der Waals surface area contributed by atoms with Crippen molar-refractivity contribution in [3.8, 4) is 0 Å². The van der Waals surface area contributed by atoms with E-state index in [0.717, 1.165) is 10.0 Å². The SMILES string of the molecule is CCOC(=O)c1c(/C=C/C(=O)Nc2ccccc2N(C)C(=O)NC)c2c(Cl)cc(Cl)cc2n1S(=O)(=O)c1ccccc1. The zero-order valence-electron chi connectivity index (χ0n) is 22.7. The molecule has 0 saturated carbocycles. The summed E-state index contributed by atoms with van der Waals surface area (Å²) in [4.78, 5) is 39.8. The van der Waals surface area contributed by atoms with Gasteiger partial charge in [0.25, 0.3) is 10.0 Å². The fourth-order valence-corrected chi connectivity index (χ4v) is 6.43. The predicted octanol–water partition coefficient (Wildman–Crippen LogP) is 5.79. The van der Waals surface area contributed by atoms with Crippen molar-refractivity contribution in [1.82, 2.24) is 9.29 Å². The molecular weight excluding hydrogens is 603 g/mol. The molecule has 4 aromatic rings. The number of carbonyl (C=O) groups is 3. The minimum atomic E-state index is -4.36. The van der Waals surface area contributed by atoms with Crippen molar-refractivity contribution in [1.29, 1.82) is 0 Å². The summed E-state index contributed by atoms with van der Waals surface area (Å²) in [6, 6.07) is 16.6. The number of benzene rings is 3. The normalized spacial score (nSPS) is 11.5. The van der Waals surface area contributed by atoms with Crippen LogP contribution in [0.5, 0.6) is 0 Å². The van der Waals surface area contributed by atoms with Crippen molar-refractivity contribution >= 4 is 79.5 Å². The van der Waals surface area contributed by atoms with Crippen LogP contribution in [0.25, 0.3) is 17.0 Å². The molecule has 0 aliphatic rings. The summed E-state index contributed by atoms with van der Waals surface area (Å²) in [6.45, 7) is 1.54. The van der Waals surface area contributed by atoms with Crippen LogP contribution < -0.4 is 15.5 Å². The number of anilines is 2. The molecule has 3 amide bonds. The van der Waals surface area contributed by atoms with Gasteiger partial charge in [-0.3, -0.25) is 9.69 Å². The van der Waals surface area contributed by atoms with Gasteiger partial charge >= 0.3 is 12.0 Å². The maximum Gasteiger partial charge on any atom is 0.356 e. The zero-order chi connectivity index (χ0) is 30.6. The summed E-state index contributed by atoms with van der Waals surface area (Å²) in [5, 5.41) is 5.59. The van der Waals surface area contributed by atoms with E-state index >= 15 is 0 Å². The van der Waals surface area contributed by atoms with Crippen LogP contribution in [0.4, 0.5) is 16.2 Å². The number of ether oxygens (including phenoxy) is 1. The van der Waals surface area contributed by atoms with Gasteiger partial charge < -0.3 is 15.4 Å². The Kier molecular flexibility index (Phi) is 9.25. The number of fused-ring (bicyclic) bond motifs is 1. The van der Waals surface area contributed by atoms with Crippen LogP contribution in [-0.2, 0) is 19.6 Å². The maximum atomic E-state index is 13.9. The van der Waals surface area contributed by atoms with E-state index in [2.05, 4.69) is 10.6 Å². The molecule has 3 aromatic carbocycles. The molecule has 0 aliphatic carbocycles. The van der Waals surface area contributed by atoms with Gasteiger partial charge in [0.15, 0.2) is 5.69 Å². The van der Waals surface area contributed by atoms with E-state index in [-0.39, 0.29) is 43.7 Å². The van der Waals surface area contributed by atoms with Crippen LogP contribution in [0.3, 0.4) is 0 Å². The van der Waals surface area contributed by atoms with Crippen LogP contribution in [0.1, 0.15) is 23.0 Å². The second-order valence-corrected chi connectivity index (χ2v) is 11.4. The van der Waals surface area contributed by atoms with Crippen molar-refractivity contribution in [3.05, 3.63) is 94.1 Å². The fourth-order valence-electron chi connectivity index (χ4n) is 4.32. The first kappa shape index (κ1) is 30.6. The third-order valence-electron chi connectivity index (χ3n) is 6.17. The molecule has 0 unspecified atom stereocenters. The molecule has 2 N–H and O–H groups in total. The van der Waals surface area contributed by atoms with Gasteiger partial charge in [-0.2, -0.15) is 0 Å². The number of hydrogen-bond acceptors (Lipinski definition) is 6. The van der Waals surface area contributed by atoms with Gasteiger partial charge in [0.1, 0.15) is 0 Å². The summed E-state index contributed by atoms with van der Waals surface area (Å²) in [5.74, 6) is -1.57. The highest BCUT2D eigenvalue weighted by molar-refractivity contribution is 7.90. The molecule has 4 rings (SSSR count). The molecule has 0 atom stereocenters. The first-order chi connectivity index (χ1) is 20.0. The quantitative estimate of drug-likeness (QED) is 0.188. The van der Waals surface area contributed by atoms with E-state index in [1.807, 2.05) is 0 Å². The zero-order valence-corrected chi connectivity index (χ0v) is 25.0. The average molecular weight is 630 g/mol. The number of halogens is 2. The Hall–Kier alpha value is -4.32. The Morgan fingerprint density at radius 1 is 1.02 bits per heavy atom. The molecule has 10 nitrogen and oxygen atoms in total. The van der Waals surface area contributed by atoms with Crippen LogP contribution in [-0.4, -0.2) is 51.0 Å². The number of nitrogens with zero attached hydrogens (tertiary/aromatic N) is 2. The van der Waals surface area contributed by atoms with E-state index in [9.17, 15) is 22.8 Å². The van der Waals surface area contributed by atoms with Crippen LogP contribution in [0.15, 0.2) is 77.7 Å². The van der Waals surface area contributed by atoms with Crippen LogP contribution >= 0.6 is 23.2 Å². The molecule has 218 valence electrons. The van der Waals surface area contributed by atoms with E-state index in [0.29, 0.717) is 11.4 Å². The number of nitrogens with one attached hydrogen (secondary N) is 2. The lowest BCUT2D eigenvalue weighted by Gasteiger charge is -2.20. The lowest BCUT2D eigenvalue weighted by Crippen LogP contribution is -2.35. The predicted molar refractivity (Wildman–Crippen MR) is 164 cm³/mol. The maximum absolute atomic E-state index is 13.9. The molecule has 0 aliphatic heterocycles. The highest BCUT2D eigenvalue weighted by Gasteiger charge is 2.32. The smallest absolute Gasteiger partial charge is 0.356 e. The molecule has 0 bridgehead atoms. The van der Waals surface area contributed by atoms with Crippen molar-refractivity contribution in [2.24, 2.45) is 0 Å². The third kappa shape index (κ3) is 5.98. The Balaban J connectivity index is 1.89. The van der Waals surface area contributed by atoms with Gasteiger partial charge in [-0.25, -0.2) is 22.0 Å². The lowest BCUT2D eigenvalue weighted by molar-refractivity contribution is -0.111. The average Bonchev–Trinajstić information content (AvgIpc) is 3.31. The van der Waals surface area contributed by atoms with Crippen molar-refractivity contribution < 1.29 is 27.5 Å². The number of urea groups is 1. The largest absolute Gasteiger partial charge is 0.461 e. The summed E-state index contributed by atoms with van der Waals surface area (Å²) in [6.07, 6.45) is 2.41. The lowest BCUT2D eigenvalue weighted by atomic mass is 10.1. The van der Waals surface area contributed by atoms with E-state index < -0.39 is 27.9 Å². The molecule has 0 fully saturated rings. The van der Waals surface area contributed by atoms with Gasteiger partial charge in [0, 0.05) is 36.1 Å². The molecule has 1 aromatic heterocycles. The fraction of sp³-hybridized carbons (Fsp3) is 0.138. The van der Waals surface area contributed by atoms with E-state index in [1.54, 1.807) is 56.4 Å². The molecule has 0 radical (unpaired) electrons. The minimum Gasteiger partial charge on any atom is -0.461 e. The van der Waals surface area contributed by atoms with Crippen molar-refractivity contribution in [3.63, 3.8) is 0 Å². The van der Waals surface area contributed by atoms with Crippen molar-refractivity contribution in [2.45, 2.75) is 11.8 Å². The Morgan fingerprint density at radius 2 is 1.69 bits per heavy atom. The Labute approximate surface area is 252 Å². The van der Waals surface area contributed by atoms with Crippen LogP contribution in [0, 0.1) is 0 Å². The summed E-state index contributed by atoms with van der Waals surface area (Å²) in [5.41, 5.74) is 0.466. The summed E-state index contributed by atoms with van der Waals surface area (Å²) >= 11 is 12.8. The summed E-state index contributed by atoms with van der Waals surface area (Å²) < 4.78 is 33.9. The first-order valence-electron chi connectivity index (χ1n) is 12.6. The molecular formula is C29H26Cl2N4O6S. The number of carbonyl (C=O) groups excluding carboxylic acids is 3. The van der Waals surface area contributed by atoms with Gasteiger partial charge in [0.05, 0.1) is 33.4 Å². The molecule has 13 heteroatoms. The Bertz CT molecular complexity index is 1820. The number of amides is 3. The second kappa shape index (κ2) is 12.7. The van der Waals surface area contributed by atoms with Gasteiger partial charge in [0.2, 0.25) is 5.91 Å². The number of para-hydroxylation sites is 2. The van der Waals surface area contributed by atoms with E-state index in [4.69, 9.17) is 27.9 Å². The summed E-state index contributed by atoms with van der Waals surface area (Å²) in [7, 11) is -1.34. The number of rotatable bonds is 8. The van der Waals surface area contributed by atoms with E-state index in [1.165, 1.54) is 42.3 Å². The molecule has 0 spiro atoms. The number of hydrogen-bond donors (Lipinski definition) is 2. The topological polar surface area (TPSA) is 127 Å². The Morgan fingerprint density at radius 3 is 2.36 bits per heavy atom. The monoisotopic (exact) mass is 628 g/mol. The van der Waals surface area contributed by atoms with Gasteiger partial charge in [-0.15, -0.1) is 0 Å².